The van der Waals surface area contributed by atoms with Gasteiger partial charge in [0, 0.05) is 50.7 Å². The van der Waals surface area contributed by atoms with E-state index in [4.69, 9.17) is 5.73 Å². The Morgan fingerprint density at radius 3 is 2.27 bits per heavy atom. The fraction of sp³-hybridized carbons (Fsp3) is 0.333. The minimum absolute atomic E-state index is 0.0310. The molecule has 10 heteroatoms. The number of amides is 3. The van der Waals surface area contributed by atoms with E-state index in [1.807, 2.05) is 49.2 Å². The SMILES string of the molecule is CCNCCN(C(=O)CNCC(=O)N(C)N1Cc2ccccc2C1)c1ccc(-c2ccc(C(N)=O)cn2)cc1C. The van der Waals surface area contributed by atoms with Crippen LogP contribution in [-0.2, 0) is 22.7 Å². The molecule has 210 valence electrons. The number of anilines is 1. The van der Waals surface area contributed by atoms with Gasteiger partial charge in [-0.2, -0.15) is 0 Å². The van der Waals surface area contributed by atoms with Crippen molar-refractivity contribution in [3.63, 3.8) is 0 Å². The second kappa shape index (κ2) is 13.3. The van der Waals surface area contributed by atoms with E-state index >= 15 is 0 Å². The number of carbonyl (C=O) groups is 3. The smallest absolute Gasteiger partial charge is 0.250 e. The maximum Gasteiger partial charge on any atom is 0.250 e. The molecule has 0 saturated heterocycles. The van der Waals surface area contributed by atoms with Gasteiger partial charge in [0.15, 0.2) is 0 Å². The number of hydrogen-bond acceptors (Lipinski definition) is 7. The normalized spacial score (nSPS) is 12.7. The van der Waals surface area contributed by atoms with E-state index in [0.717, 1.165) is 23.4 Å². The number of primary amides is 1. The van der Waals surface area contributed by atoms with Gasteiger partial charge in [-0.05, 0) is 54.4 Å². The molecular weight excluding hydrogens is 506 g/mol. The van der Waals surface area contributed by atoms with Crippen molar-refractivity contribution < 1.29 is 14.4 Å². The highest BCUT2D eigenvalue weighted by molar-refractivity contribution is 5.96. The van der Waals surface area contributed by atoms with Gasteiger partial charge >= 0.3 is 0 Å². The van der Waals surface area contributed by atoms with Gasteiger partial charge in [0.2, 0.25) is 11.8 Å². The van der Waals surface area contributed by atoms with Crippen LogP contribution in [0.2, 0.25) is 0 Å². The zero-order valence-corrected chi connectivity index (χ0v) is 23.3. The van der Waals surface area contributed by atoms with Crippen LogP contribution in [0.25, 0.3) is 11.3 Å². The molecule has 40 heavy (non-hydrogen) atoms. The summed E-state index contributed by atoms with van der Waals surface area (Å²) in [6.07, 6.45) is 1.46. The maximum absolute atomic E-state index is 13.3. The number of likely N-dealkylation sites (N-methyl/N-ethyl adjacent to an activating group) is 2. The molecule has 1 aromatic heterocycles. The summed E-state index contributed by atoms with van der Waals surface area (Å²) < 4.78 is 0. The molecule has 0 radical (unpaired) electrons. The first-order chi connectivity index (χ1) is 19.3. The summed E-state index contributed by atoms with van der Waals surface area (Å²) in [5, 5.41) is 9.95. The minimum atomic E-state index is -0.524. The van der Waals surface area contributed by atoms with Crippen molar-refractivity contribution >= 4 is 23.4 Å². The van der Waals surface area contributed by atoms with E-state index in [9.17, 15) is 14.4 Å². The largest absolute Gasteiger partial charge is 0.366 e. The summed E-state index contributed by atoms with van der Waals surface area (Å²) >= 11 is 0. The number of carbonyl (C=O) groups excluding carboxylic acids is 3. The van der Waals surface area contributed by atoms with Crippen LogP contribution in [0.3, 0.4) is 0 Å². The second-order valence-electron chi connectivity index (χ2n) is 9.81. The molecular formula is C30H37N7O3. The lowest BCUT2D eigenvalue weighted by molar-refractivity contribution is -0.145. The fourth-order valence-corrected chi connectivity index (χ4v) is 4.75. The molecule has 0 atom stereocenters. The van der Waals surface area contributed by atoms with E-state index in [1.165, 1.54) is 17.3 Å². The quantitative estimate of drug-likeness (QED) is 0.299. The lowest BCUT2D eigenvalue weighted by atomic mass is 10.0. The molecule has 0 unspecified atom stereocenters. The first-order valence-corrected chi connectivity index (χ1v) is 13.4. The number of aromatic nitrogens is 1. The number of nitrogens with one attached hydrogen (secondary N) is 2. The van der Waals surface area contributed by atoms with Gasteiger partial charge in [-0.1, -0.05) is 37.3 Å². The molecule has 3 aromatic rings. The summed E-state index contributed by atoms with van der Waals surface area (Å²) in [6, 6.07) is 17.4. The Labute approximate surface area is 235 Å². The summed E-state index contributed by atoms with van der Waals surface area (Å²) in [5.41, 5.74) is 11.4. The van der Waals surface area contributed by atoms with Crippen LogP contribution in [-0.4, -0.2) is 72.5 Å². The van der Waals surface area contributed by atoms with Crippen LogP contribution in [0, 0.1) is 6.92 Å². The molecule has 0 fully saturated rings. The van der Waals surface area contributed by atoms with Gasteiger partial charge in [-0.3, -0.25) is 29.7 Å². The Morgan fingerprint density at radius 2 is 1.68 bits per heavy atom. The van der Waals surface area contributed by atoms with Crippen LogP contribution < -0.4 is 21.3 Å². The Kier molecular flexibility index (Phi) is 9.60. The van der Waals surface area contributed by atoms with Crippen LogP contribution in [0.1, 0.15) is 34.0 Å². The maximum atomic E-state index is 13.3. The zero-order valence-electron chi connectivity index (χ0n) is 23.3. The molecule has 2 aromatic carbocycles. The molecule has 4 rings (SSSR count). The third kappa shape index (κ3) is 6.90. The van der Waals surface area contributed by atoms with E-state index in [0.29, 0.717) is 37.4 Å². The molecule has 3 amide bonds. The summed E-state index contributed by atoms with van der Waals surface area (Å²) in [4.78, 5) is 43.6. The number of hydrogen-bond donors (Lipinski definition) is 3. The van der Waals surface area contributed by atoms with Crippen LogP contribution in [0.4, 0.5) is 5.69 Å². The molecule has 10 nitrogen and oxygen atoms in total. The highest BCUT2D eigenvalue weighted by Crippen LogP contribution is 2.27. The monoisotopic (exact) mass is 543 g/mol. The minimum Gasteiger partial charge on any atom is -0.366 e. The Balaban J connectivity index is 1.38. The van der Waals surface area contributed by atoms with E-state index in [1.54, 1.807) is 29.1 Å². The van der Waals surface area contributed by atoms with Gasteiger partial charge in [0.1, 0.15) is 0 Å². The lowest BCUT2D eigenvalue weighted by Crippen LogP contribution is -2.47. The van der Waals surface area contributed by atoms with Crippen molar-refractivity contribution in [2.24, 2.45) is 5.73 Å². The van der Waals surface area contributed by atoms with Gasteiger partial charge in [0.25, 0.3) is 5.91 Å². The molecule has 0 bridgehead atoms. The third-order valence-electron chi connectivity index (χ3n) is 7.06. The molecule has 2 heterocycles. The van der Waals surface area contributed by atoms with Crippen LogP contribution in [0.15, 0.2) is 60.8 Å². The first kappa shape index (κ1) is 28.9. The van der Waals surface area contributed by atoms with Gasteiger partial charge in [-0.25, -0.2) is 5.01 Å². The Bertz CT molecular complexity index is 1330. The zero-order chi connectivity index (χ0) is 28.6. The molecule has 0 aliphatic carbocycles. The Hall–Kier alpha value is -4.12. The molecule has 0 spiro atoms. The predicted molar refractivity (Wildman–Crippen MR) is 155 cm³/mol. The first-order valence-electron chi connectivity index (χ1n) is 13.4. The number of benzene rings is 2. The average molecular weight is 544 g/mol. The summed E-state index contributed by atoms with van der Waals surface area (Å²) in [7, 11) is 1.77. The standard InChI is InChI=1S/C30H37N7O3/c1-4-32-13-14-37(27-12-10-22(15-21(27)2)26-11-9-23(16-34-26)30(31)40)29(39)18-33-17-28(38)35(3)36-19-24-7-5-6-8-25(24)20-36/h5-12,15-16,32-33H,4,13-14,17-20H2,1-3H3,(H2,31,40). The van der Waals surface area contributed by atoms with Crippen molar-refractivity contribution in [3.8, 4) is 11.3 Å². The highest BCUT2D eigenvalue weighted by atomic mass is 16.2. The van der Waals surface area contributed by atoms with E-state index in [2.05, 4.69) is 27.8 Å². The number of nitrogens with two attached hydrogens (primary N) is 1. The van der Waals surface area contributed by atoms with Crippen molar-refractivity contribution in [3.05, 3.63) is 83.0 Å². The average Bonchev–Trinajstić information content (AvgIpc) is 3.39. The molecule has 4 N–H and O–H groups in total. The van der Waals surface area contributed by atoms with Crippen LogP contribution >= 0.6 is 0 Å². The number of fused-ring (bicyclic) bond motifs is 1. The molecule has 0 saturated carbocycles. The highest BCUT2D eigenvalue weighted by Gasteiger charge is 2.25. The number of hydrazine groups is 1. The third-order valence-corrected chi connectivity index (χ3v) is 7.06. The van der Waals surface area contributed by atoms with Crippen molar-refractivity contribution in [2.75, 3.05) is 44.7 Å². The van der Waals surface area contributed by atoms with Gasteiger partial charge in [-0.15, -0.1) is 0 Å². The summed E-state index contributed by atoms with van der Waals surface area (Å²) in [6.45, 7) is 7.36. The number of pyridine rings is 1. The number of nitrogens with zero attached hydrogens (tertiary/aromatic N) is 4. The van der Waals surface area contributed by atoms with Crippen molar-refractivity contribution in [2.45, 2.75) is 26.9 Å². The number of rotatable bonds is 12. The van der Waals surface area contributed by atoms with E-state index in [-0.39, 0.29) is 24.9 Å². The van der Waals surface area contributed by atoms with E-state index < -0.39 is 5.91 Å². The molecule has 1 aliphatic rings. The van der Waals surface area contributed by atoms with Gasteiger partial charge in [0.05, 0.1) is 24.3 Å². The van der Waals surface area contributed by atoms with Gasteiger partial charge < -0.3 is 16.0 Å². The lowest BCUT2D eigenvalue weighted by Gasteiger charge is -2.28. The fourth-order valence-electron chi connectivity index (χ4n) is 4.75. The second-order valence-corrected chi connectivity index (χ2v) is 9.81. The van der Waals surface area contributed by atoms with Crippen LogP contribution in [0.5, 0.6) is 0 Å². The topological polar surface area (TPSA) is 124 Å². The summed E-state index contributed by atoms with van der Waals surface area (Å²) in [5.74, 6) is -0.749. The van der Waals surface area contributed by atoms with Crippen molar-refractivity contribution in [1.82, 2.24) is 25.6 Å². The predicted octanol–water partition coefficient (Wildman–Crippen LogP) is 2.08. The van der Waals surface area contributed by atoms with Crippen molar-refractivity contribution in [1.29, 1.82) is 0 Å². The number of aryl methyl sites for hydroxylation is 1. The Morgan fingerprint density at radius 1 is 0.975 bits per heavy atom. The molecule has 1 aliphatic heterocycles.